The zero-order chi connectivity index (χ0) is 19.4. The number of fused-ring (bicyclic) bond motifs is 1. The van der Waals surface area contributed by atoms with Gasteiger partial charge in [0, 0.05) is 16.6 Å². The predicted molar refractivity (Wildman–Crippen MR) is 115 cm³/mol. The molecule has 0 spiro atoms. The van der Waals surface area contributed by atoms with Gasteiger partial charge in [-0.25, -0.2) is 4.98 Å². The van der Waals surface area contributed by atoms with Crippen LogP contribution < -0.4 is 9.64 Å². The van der Waals surface area contributed by atoms with E-state index in [4.69, 9.17) is 9.72 Å². The van der Waals surface area contributed by atoms with Crippen molar-refractivity contribution >= 4 is 48.5 Å². The molecule has 1 heterocycles. The van der Waals surface area contributed by atoms with E-state index in [2.05, 4.69) is 20.8 Å². The molecule has 0 N–H and O–H groups in total. The van der Waals surface area contributed by atoms with Crippen LogP contribution in [0.5, 0.6) is 5.75 Å². The highest BCUT2D eigenvalue weighted by Crippen LogP contribution is 2.34. The van der Waals surface area contributed by atoms with Gasteiger partial charge < -0.3 is 9.64 Å². The minimum atomic E-state index is -0.0423. The second-order valence-corrected chi connectivity index (χ2v) is 8.35. The summed E-state index contributed by atoms with van der Waals surface area (Å²) in [5, 5.41) is 0.696. The van der Waals surface area contributed by atoms with Crippen LogP contribution in [0.2, 0.25) is 0 Å². The standard InChI is InChI=1S/C20H22BrN3O2S/c1-23(2)12-5-13-24(19(25)14-8-10-15(21)11-9-14)20-22-18-16(26-3)6-4-7-17(18)27-20/h4,6-11H,5,12-13H2,1-3H3. The molecule has 27 heavy (non-hydrogen) atoms. The molecule has 0 radical (unpaired) electrons. The van der Waals surface area contributed by atoms with E-state index in [0.717, 1.165) is 33.4 Å². The van der Waals surface area contributed by atoms with Gasteiger partial charge >= 0.3 is 0 Å². The molecule has 7 heteroatoms. The van der Waals surface area contributed by atoms with E-state index in [1.54, 1.807) is 12.0 Å². The number of hydrogen-bond acceptors (Lipinski definition) is 5. The van der Waals surface area contributed by atoms with Crippen LogP contribution in [0, 0.1) is 0 Å². The van der Waals surface area contributed by atoms with Gasteiger partial charge in [-0.2, -0.15) is 0 Å². The molecule has 3 rings (SSSR count). The number of amides is 1. The number of carbonyl (C=O) groups excluding carboxylic acids is 1. The van der Waals surface area contributed by atoms with Crippen molar-refractivity contribution in [3.8, 4) is 5.75 Å². The first-order valence-corrected chi connectivity index (χ1v) is 10.3. The Kier molecular flexibility index (Phi) is 6.46. The molecule has 2 aromatic carbocycles. The minimum absolute atomic E-state index is 0.0423. The zero-order valence-corrected chi connectivity index (χ0v) is 18.0. The molecule has 0 aliphatic heterocycles. The van der Waals surface area contributed by atoms with Crippen LogP contribution in [0.4, 0.5) is 5.13 Å². The largest absolute Gasteiger partial charge is 0.494 e. The molecule has 1 amide bonds. The van der Waals surface area contributed by atoms with Gasteiger partial charge in [0.15, 0.2) is 5.13 Å². The molecular weight excluding hydrogens is 426 g/mol. The number of para-hydroxylation sites is 1. The number of ether oxygens (including phenoxy) is 1. The Morgan fingerprint density at radius 1 is 1.15 bits per heavy atom. The summed E-state index contributed by atoms with van der Waals surface area (Å²) < 4.78 is 7.37. The van der Waals surface area contributed by atoms with Crippen molar-refractivity contribution < 1.29 is 9.53 Å². The van der Waals surface area contributed by atoms with Gasteiger partial charge in [-0.1, -0.05) is 33.3 Å². The maximum absolute atomic E-state index is 13.2. The number of benzene rings is 2. The lowest BCUT2D eigenvalue weighted by Crippen LogP contribution is -2.33. The number of thiazole rings is 1. The number of anilines is 1. The van der Waals surface area contributed by atoms with Gasteiger partial charge in [-0.15, -0.1) is 0 Å². The Hall–Kier alpha value is -1.96. The fourth-order valence-electron chi connectivity index (χ4n) is 2.77. The summed E-state index contributed by atoms with van der Waals surface area (Å²) >= 11 is 4.93. The Morgan fingerprint density at radius 3 is 2.56 bits per heavy atom. The molecule has 0 atom stereocenters. The maximum Gasteiger partial charge on any atom is 0.260 e. The van der Waals surface area contributed by atoms with Gasteiger partial charge in [0.2, 0.25) is 0 Å². The summed E-state index contributed by atoms with van der Waals surface area (Å²) in [5.41, 5.74) is 1.44. The van der Waals surface area contributed by atoms with Crippen LogP contribution in [-0.4, -0.2) is 50.1 Å². The monoisotopic (exact) mass is 447 g/mol. The predicted octanol–water partition coefficient (Wildman–Crippen LogP) is 4.67. The third-order valence-corrected chi connectivity index (χ3v) is 5.72. The number of nitrogens with zero attached hydrogens (tertiary/aromatic N) is 3. The third kappa shape index (κ3) is 4.66. The summed E-state index contributed by atoms with van der Waals surface area (Å²) in [4.78, 5) is 21.8. The first-order valence-electron chi connectivity index (χ1n) is 8.65. The molecule has 0 saturated heterocycles. The number of halogens is 1. The van der Waals surface area contributed by atoms with Crippen molar-refractivity contribution in [1.82, 2.24) is 9.88 Å². The average Bonchev–Trinajstić information content (AvgIpc) is 3.09. The molecule has 5 nitrogen and oxygen atoms in total. The topological polar surface area (TPSA) is 45.7 Å². The van der Waals surface area contributed by atoms with Gasteiger partial charge in [0.05, 0.1) is 11.8 Å². The molecule has 0 aliphatic carbocycles. The van der Waals surface area contributed by atoms with Crippen LogP contribution in [0.1, 0.15) is 16.8 Å². The van der Waals surface area contributed by atoms with Crippen molar-refractivity contribution in [1.29, 1.82) is 0 Å². The molecule has 0 unspecified atom stereocenters. The van der Waals surface area contributed by atoms with Crippen LogP contribution in [0.3, 0.4) is 0 Å². The summed E-state index contributed by atoms with van der Waals surface area (Å²) in [6.07, 6.45) is 0.863. The quantitative estimate of drug-likeness (QED) is 0.527. The number of carbonyl (C=O) groups is 1. The summed E-state index contributed by atoms with van der Waals surface area (Å²) in [6, 6.07) is 13.3. The highest BCUT2D eigenvalue weighted by Gasteiger charge is 2.22. The van der Waals surface area contributed by atoms with E-state index in [9.17, 15) is 4.79 Å². The number of aromatic nitrogens is 1. The summed E-state index contributed by atoms with van der Waals surface area (Å²) in [5.74, 6) is 0.679. The normalized spacial score (nSPS) is 11.1. The lowest BCUT2D eigenvalue weighted by atomic mass is 10.2. The van der Waals surface area contributed by atoms with Crippen molar-refractivity contribution in [2.75, 3.05) is 39.2 Å². The van der Waals surface area contributed by atoms with Gasteiger partial charge in [0.25, 0.3) is 5.91 Å². The highest BCUT2D eigenvalue weighted by atomic mass is 79.9. The van der Waals surface area contributed by atoms with Gasteiger partial charge in [-0.05, 0) is 63.5 Å². The molecule has 142 valence electrons. The van der Waals surface area contributed by atoms with Crippen LogP contribution in [0.15, 0.2) is 46.9 Å². The highest BCUT2D eigenvalue weighted by molar-refractivity contribution is 9.10. The van der Waals surface area contributed by atoms with E-state index in [0.29, 0.717) is 17.2 Å². The molecule has 0 aliphatic rings. The lowest BCUT2D eigenvalue weighted by molar-refractivity contribution is 0.0986. The van der Waals surface area contributed by atoms with Crippen molar-refractivity contribution in [2.45, 2.75) is 6.42 Å². The van der Waals surface area contributed by atoms with E-state index in [1.807, 2.05) is 56.6 Å². The Labute approximate surface area is 171 Å². The smallest absolute Gasteiger partial charge is 0.260 e. The van der Waals surface area contributed by atoms with E-state index in [-0.39, 0.29) is 5.91 Å². The van der Waals surface area contributed by atoms with Crippen molar-refractivity contribution in [2.24, 2.45) is 0 Å². The fourth-order valence-corrected chi connectivity index (χ4v) is 4.04. The van der Waals surface area contributed by atoms with Crippen molar-refractivity contribution in [3.05, 3.63) is 52.5 Å². The first-order chi connectivity index (χ1) is 13.0. The fraction of sp³-hybridized carbons (Fsp3) is 0.300. The second kappa shape index (κ2) is 8.82. The molecule has 0 fully saturated rings. The number of rotatable bonds is 7. The summed E-state index contributed by atoms with van der Waals surface area (Å²) in [7, 11) is 5.70. The third-order valence-electron chi connectivity index (χ3n) is 4.14. The van der Waals surface area contributed by atoms with Crippen LogP contribution in [0.25, 0.3) is 10.2 Å². The Bertz CT molecular complexity index is 925. The van der Waals surface area contributed by atoms with Crippen molar-refractivity contribution in [3.63, 3.8) is 0 Å². The number of hydrogen-bond donors (Lipinski definition) is 0. The van der Waals surface area contributed by atoms with Gasteiger partial charge in [0.1, 0.15) is 11.3 Å². The lowest BCUT2D eigenvalue weighted by Gasteiger charge is -2.21. The molecule has 3 aromatic rings. The second-order valence-electron chi connectivity index (χ2n) is 6.42. The summed E-state index contributed by atoms with van der Waals surface area (Å²) in [6.45, 7) is 1.51. The molecule has 0 bridgehead atoms. The average molecular weight is 448 g/mol. The van der Waals surface area contributed by atoms with E-state index in [1.165, 1.54) is 11.3 Å². The zero-order valence-electron chi connectivity index (χ0n) is 15.6. The molecule has 0 saturated carbocycles. The van der Waals surface area contributed by atoms with E-state index < -0.39 is 0 Å². The Morgan fingerprint density at radius 2 is 1.89 bits per heavy atom. The minimum Gasteiger partial charge on any atom is -0.494 e. The van der Waals surface area contributed by atoms with Crippen LogP contribution >= 0.6 is 27.3 Å². The van der Waals surface area contributed by atoms with Gasteiger partial charge in [-0.3, -0.25) is 9.69 Å². The number of methoxy groups -OCH3 is 1. The first kappa shape index (κ1) is 19.8. The molecule has 1 aromatic heterocycles. The van der Waals surface area contributed by atoms with Crippen LogP contribution in [-0.2, 0) is 0 Å². The SMILES string of the molecule is COc1cccc2sc(N(CCCN(C)C)C(=O)c3ccc(Br)cc3)nc12. The molecular formula is C20H22BrN3O2S. The maximum atomic E-state index is 13.2. The van der Waals surface area contributed by atoms with E-state index >= 15 is 0 Å². The Balaban J connectivity index is 1.96.